The first-order valence-corrected chi connectivity index (χ1v) is 3.46. The van der Waals surface area contributed by atoms with Crippen LogP contribution in [0.4, 0.5) is 0 Å². The molecule has 60 valence electrons. The lowest BCUT2D eigenvalue weighted by atomic mass is 10.2. The summed E-state index contributed by atoms with van der Waals surface area (Å²) in [6.45, 7) is 0.296. The minimum absolute atomic E-state index is 0.0272. The number of phenols is 1. The van der Waals surface area contributed by atoms with Gasteiger partial charge in [-0.2, -0.15) is 0 Å². The molecule has 3 nitrogen and oxygen atoms in total. The molecule has 0 heterocycles. The third-order valence-corrected chi connectivity index (χ3v) is 1.61. The second-order valence-corrected chi connectivity index (χ2v) is 2.53. The zero-order valence-electron chi connectivity index (χ0n) is 5.71. The normalized spacial score (nSPS) is 10.0. The molecule has 1 rings (SSSR count). The van der Waals surface area contributed by atoms with Crippen molar-refractivity contribution in [1.29, 1.82) is 0 Å². The molecule has 0 bridgehead atoms. The molecule has 0 aliphatic carbocycles. The molecule has 0 saturated heterocycles. The van der Waals surface area contributed by atoms with Crippen molar-refractivity contribution >= 4 is 11.6 Å². The summed E-state index contributed by atoms with van der Waals surface area (Å²) in [6.07, 6.45) is 0. The Labute approximate surface area is 69.2 Å². The van der Waals surface area contributed by atoms with Gasteiger partial charge in [0.15, 0.2) is 0 Å². The van der Waals surface area contributed by atoms with Crippen LogP contribution in [0.2, 0.25) is 5.02 Å². The van der Waals surface area contributed by atoms with Gasteiger partial charge < -0.3 is 10.3 Å². The van der Waals surface area contributed by atoms with E-state index in [9.17, 15) is 0 Å². The van der Waals surface area contributed by atoms with Crippen LogP contribution in [0.15, 0.2) is 18.2 Å². The van der Waals surface area contributed by atoms with Gasteiger partial charge in [-0.05, 0) is 17.7 Å². The molecular weight excluding hydrogens is 166 g/mol. The Kier molecular flexibility index (Phi) is 2.70. The van der Waals surface area contributed by atoms with E-state index >= 15 is 0 Å². The lowest BCUT2D eigenvalue weighted by Crippen LogP contribution is -2.05. The van der Waals surface area contributed by atoms with E-state index in [1.807, 2.05) is 5.48 Å². The molecule has 0 saturated carbocycles. The number of hydroxylamine groups is 1. The van der Waals surface area contributed by atoms with Crippen LogP contribution in [0, 0.1) is 0 Å². The third kappa shape index (κ3) is 2.08. The van der Waals surface area contributed by atoms with Gasteiger partial charge in [-0.1, -0.05) is 17.7 Å². The molecule has 11 heavy (non-hydrogen) atoms. The smallest absolute Gasteiger partial charge is 0.134 e. The average Bonchev–Trinajstić information content (AvgIpc) is 1.98. The number of aromatic hydroxyl groups is 1. The van der Waals surface area contributed by atoms with E-state index in [1.165, 1.54) is 6.07 Å². The van der Waals surface area contributed by atoms with Crippen LogP contribution >= 0.6 is 11.6 Å². The highest BCUT2D eigenvalue weighted by atomic mass is 35.5. The van der Waals surface area contributed by atoms with Gasteiger partial charge in [0.25, 0.3) is 0 Å². The molecule has 1 aromatic carbocycles. The third-order valence-electron chi connectivity index (χ3n) is 1.29. The molecule has 0 aliphatic heterocycles. The van der Waals surface area contributed by atoms with Crippen LogP contribution in [0.1, 0.15) is 5.56 Å². The van der Waals surface area contributed by atoms with Crippen LogP contribution in [-0.2, 0) is 6.54 Å². The van der Waals surface area contributed by atoms with E-state index in [0.29, 0.717) is 11.6 Å². The van der Waals surface area contributed by atoms with Gasteiger partial charge in [0.2, 0.25) is 0 Å². The highest BCUT2D eigenvalue weighted by molar-refractivity contribution is 6.31. The van der Waals surface area contributed by atoms with E-state index in [1.54, 1.807) is 12.1 Å². The summed E-state index contributed by atoms with van der Waals surface area (Å²) in [7, 11) is 0. The number of nitrogens with one attached hydrogen (secondary N) is 1. The number of halogens is 1. The fourth-order valence-corrected chi connectivity index (χ4v) is 0.877. The molecule has 0 radical (unpaired) electrons. The second kappa shape index (κ2) is 3.57. The highest BCUT2D eigenvalue weighted by Crippen LogP contribution is 2.23. The molecule has 0 amide bonds. The van der Waals surface area contributed by atoms with E-state index in [-0.39, 0.29) is 5.75 Å². The summed E-state index contributed by atoms with van der Waals surface area (Å²) in [5.41, 5.74) is 2.75. The van der Waals surface area contributed by atoms with E-state index in [2.05, 4.69) is 0 Å². The minimum Gasteiger partial charge on any atom is -0.506 e. The van der Waals surface area contributed by atoms with E-state index in [4.69, 9.17) is 21.9 Å². The Balaban J connectivity index is 2.86. The van der Waals surface area contributed by atoms with Gasteiger partial charge in [-0.25, -0.2) is 5.48 Å². The summed E-state index contributed by atoms with van der Waals surface area (Å²) >= 11 is 5.55. The largest absolute Gasteiger partial charge is 0.506 e. The van der Waals surface area contributed by atoms with Crippen LogP contribution in [0.5, 0.6) is 5.75 Å². The Bertz CT molecular complexity index is 252. The molecule has 0 aliphatic rings. The first-order chi connectivity index (χ1) is 5.24. The maximum atomic E-state index is 9.09. The van der Waals surface area contributed by atoms with Crippen molar-refractivity contribution in [2.45, 2.75) is 6.54 Å². The molecule has 0 aromatic heterocycles. The SMILES string of the molecule is ONCc1ccc(Cl)c(O)c1. The van der Waals surface area contributed by atoms with Gasteiger partial charge in [0, 0.05) is 6.54 Å². The molecule has 3 N–H and O–H groups in total. The summed E-state index contributed by atoms with van der Waals surface area (Å²) in [5, 5.41) is 17.7. The molecule has 0 atom stereocenters. The summed E-state index contributed by atoms with van der Waals surface area (Å²) in [5.74, 6) is 0.0272. The quantitative estimate of drug-likeness (QED) is 0.595. The van der Waals surface area contributed by atoms with Crippen LogP contribution in [-0.4, -0.2) is 10.3 Å². The molecule has 0 unspecified atom stereocenters. The maximum absolute atomic E-state index is 9.09. The summed E-state index contributed by atoms with van der Waals surface area (Å²) in [4.78, 5) is 0. The second-order valence-electron chi connectivity index (χ2n) is 2.12. The number of hydrogen-bond acceptors (Lipinski definition) is 3. The molecular formula is C7H8ClNO2. The number of benzene rings is 1. The fraction of sp³-hybridized carbons (Fsp3) is 0.143. The minimum atomic E-state index is 0.0272. The first-order valence-electron chi connectivity index (χ1n) is 3.08. The van der Waals surface area contributed by atoms with Crippen LogP contribution < -0.4 is 5.48 Å². The fourth-order valence-electron chi connectivity index (χ4n) is 0.759. The van der Waals surface area contributed by atoms with E-state index in [0.717, 1.165) is 5.56 Å². The van der Waals surface area contributed by atoms with Crippen molar-refractivity contribution < 1.29 is 10.3 Å². The van der Waals surface area contributed by atoms with Crippen molar-refractivity contribution in [3.63, 3.8) is 0 Å². The highest BCUT2D eigenvalue weighted by Gasteiger charge is 1.98. The first kappa shape index (κ1) is 8.33. The summed E-state index contributed by atoms with van der Waals surface area (Å²) in [6, 6.07) is 4.78. The molecule has 4 heteroatoms. The number of hydrogen-bond donors (Lipinski definition) is 3. The summed E-state index contributed by atoms with van der Waals surface area (Å²) < 4.78 is 0. The van der Waals surface area contributed by atoms with Crippen molar-refractivity contribution in [3.05, 3.63) is 28.8 Å². The number of phenolic OH excluding ortho intramolecular Hbond substituents is 1. The topological polar surface area (TPSA) is 52.5 Å². The van der Waals surface area contributed by atoms with Gasteiger partial charge in [-0.15, -0.1) is 0 Å². The van der Waals surface area contributed by atoms with Crippen LogP contribution in [0.25, 0.3) is 0 Å². The van der Waals surface area contributed by atoms with Crippen molar-refractivity contribution in [1.82, 2.24) is 5.48 Å². The molecule has 1 aromatic rings. The standard InChI is InChI=1S/C7H8ClNO2/c8-6-2-1-5(4-9-11)3-7(6)10/h1-3,9-11H,4H2. The molecule has 0 spiro atoms. The monoisotopic (exact) mass is 173 g/mol. The van der Waals surface area contributed by atoms with Crippen molar-refractivity contribution in [2.75, 3.05) is 0 Å². The zero-order chi connectivity index (χ0) is 8.27. The predicted molar refractivity (Wildman–Crippen MR) is 41.7 cm³/mol. The van der Waals surface area contributed by atoms with Gasteiger partial charge >= 0.3 is 0 Å². The van der Waals surface area contributed by atoms with Gasteiger partial charge in [0.1, 0.15) is 5.75 Å². The Morgan fingerprint density at radius 2 is 2.18 bits per heavy atom. The number of rotatable bonds is 2. The lowest BCUT2D eigenvalue weighted by molar-refractivity contribution is 0.161. The zero-order valence-corrected chi connectivity index (χ0v) is 6.47. The van der Waals surface area contributed by atoms with Crippen molar-refractivity contribution in [2.24, 2.45) is 0 Å². The Morgan fingerprint density at radius 1 is 1.45 bits per heavy atom. The maximum Gasteiger partial charge on any atom is 0.134 e. The average molecular weight is 174 g/mol. The lowest BCUT2D eigenvalue weighted by Gasteiger charge is -2.00. The van der Waals surface area contributed by atoms with E-state index < -0.39 is 0 Å². The van der Waals surface area contributed by atoms with Crippen LogP contribution in [0.3, 0.4) is 0 Å². The molecule has 0 fully saturated rings. The Morgan fingerprint density at radius 3 is 2.73 bits per heavy atom. The van der Waals surface area contributed by atoms with Gasteiger partial charge in [0.05, 0.1) is 5.02 Å². The van der Waals surface area contributed by atoms with Gasteiger partial charge in [-0.3, -0.25) is 0 Å². The Hall–Kier alpha value is -0.770. The van der Waals surface area contributed by atoms with Crippen molar-refractivity contribution in [3.8, 4) is 5.75 Å². The predicted octanol–water partition coefficient (Wildman–Crippen LogP) is 1.52.